The van der Waals surface area contributed by atoms with Gasteiger partial charge in [-0.1, -0.05) is 6.92 Å². The average molecular weight is 169 g/mol. The molecule has 0 atom stereocenters. The predicted molar refractivity (Wildman–Crippen MR) is 47.2 cm³/mol. The Bertz CT molecular complexity index is 222. The van der Waals surface area contributed by atoms with Crippen molar-refractivity contribution in [3.05, 3.63) is 12.4 Å². The lowest BCUT2D eigenvalue weighted by molar-refractivity contribution is 0.282. The first-order valence-electron chi connectivity index (χ1n) is 4.15. The van der Waals surface area contributed by atoms with Gasteiger partial charge in [0.05, 0.1) is 0 Å². The number of rotatable bonds is 5. The molecule has 4 nitrogen and oxygen atoms in total. The van der Waals surface area contributed by atoms with E-state index in [1.807, 2.05) is 17.8 Å². The van der Waals surface area contributed by atoms with Crippen LogP contribution in [0.5, 0.6) is 6.01 Å². The largest absolute Gasteiger partial charge is 0.463 e. The molecule has 0 aliphatic carbocycles. The second kappa shape index (κ2) is 4.77. The topological polar surface area (TPSA) is 39.1 Å². The minimum atomic E-state index is 0.665. The van der Waals surface area contributed by atoms with Crippen LogP contribution in [0.15, 0.2) is 12.4 Å². The van der Waals surface area contributed by atoms with Gasteiger partial charge in [-0.25, -0.2) is 4.98 Å². The van der Waals surface area contributed by atoms with E-state index in [-0.39, 0.29) is 0 Å². The van der Waals surface area contributed by atoms with Crippen molar-refractivity contribution >= 4 is 0 Å². The van der Waals surface area contributed by atoms with E-state index < -0.39 is 0 Å². The quantitative estimate of drug-likeness (QED) is 0.649. The lowest BCUT2D eigenvalue weighted by Gasteiger charge is -2.04. The van der Waals surface area contributed by atoms with E-state index in [1.165, 1.54) is 0 Å². The summed E-state index contributed by atoms with van der Waals surface area (Å²) < 4.78 is 7.22. The van der Waals surface area contributed by atoms with E-state index in [0.29, 0.717) is 12.6 Å². The summed E-state index contributed by atoms with van der Waals surface area (Å²) >= 11 is 0. The number of nitrogens with zero attached hydrogens (tertiary/aromatic N) is 2. The van der Waals surface area contributed by atoms with Crippen molar-refractivity contribution in [1.29, 1.82) is 0 Å². The number of imidazole rings is 1. The number of nitrogens with one attached hydrogen (secondary N) is 1. The molecule has 1 N–H and O–H groups in total. The molecule has 1 heterocycles. The SMILES string of the molecule is CCNCCOc1nccn1C. The Hall–Kier alpha value is -1.03. The third-order valence-electron chi connectivity index (χ3n) is 1.54. The highest BCUT2D eigenvalue weighted by atomic mass is 16.5. The first-order chi connectivity index (χ1) is 5.84. The molecule has 0 aliphatic heterocycles. The molecule has 12 heavy (non-hydrogen) atoms. The third-order valence-corrected chi connectivity index (χ3v) is 1.54. The van der Waals surface area contributed by atoms with E-state index in [9.17, 15) is 0 Å². The van der Waals surface area contributed by atoms with Crippen molar-refractivity contribution in [2.24, 2.45) is 7.05 Å². The van der Waals surface area contributed by atoms with Crippen LogP contribution in [0.3, 0.4) is 0 Å². The van der Waals surface area contributed by atoms with E-state index in [4.69, 9.17) is 4.74 Å². The maximum atomic E-state index is 5.37. The third kappa shape index (κ3) is 2.54. The highest BCUT2D eigenvalue weighted by Gasteiger charge is 1.97. The number of aryl methyl sites for hydroxylation is 1. The Kier molecular flexibility index (Phi) is 3.60. The van der Waals surface area contributed by atoms with Crippen LogP contribution in [0.25, 0.3) is 0 Å². The summed E-state index contributed by atoms with van der Waals surface area (Å²) in [5, 5.41) is 3.17. The van der Waals surface area contributed by atoms with Gasteiger partial charge in [-0.2, -0.15) is 0 Å². The summed E-state index contributed by atoms with van der Waals surface area (Å²) in [4.78, 5) is 4.03. The zero-order valence-corrected chi connectivity index (χ0v) is 7.58. The van der Waals surface area contributed by atoms with Crippen LogP contribution in [-0.2, 0) is 7.05 Å². The molecule has 1 rings (SSSR count). The Labute approximate surface area is 72.6 Å². The molecule has 0 amide bonds. The van der Waals surface area contributed by atoms with Crippen LogP contribution in [0.4, 0.5) is 0 Å². The summed E-state index contributed by atoms with van der Waals surface area (Å²) in [6, 6.07) is 0.674. The molecule has 0 saturated heterocycles. The van der Waals surface area contributed by atoms with Gasteiger partial charge in [0.25, 0.3) is 6.01 Å². The lowest BCUT2D eigenvalue weighted by Crippen LogP contribution is -2.21. The van der Waals surface area contributed by atoms with Crippen molar-refractivity contribution in [1.82, 2.24) is 14.9 Å². The van der Waals surface area contributed by atoms with E-state index in [1.54, 1.807) is 6.20 Å². The Morgan fingerprint density at radius 2 is 2.50 bits per heavy atom. The number of ether oxygens (including phenoxy) is 1. The molecule has 0 bridgehead atoms. The molecule has 4 heteroatoms. The smallest absolute Gasteiger partial charge is 0.295 e. The van der Waals surface area contributed by atoms with Gasteiger partial charge in [0, 0.05) is 26.0 Å². The highest BCUT2D eigenvalue weighted by Crippen LogP contribution is 2.02. The van der Waals surface area contributed by atoms with Crippen LogP contribution in [0.1, 0.15) is 6.92 Å². The van der Waals surface area contributed by atoms with Gasteiger partial charge in [0.1, 0.15) is 6.61 Å². The summed E-state index contributed by atoms with van der Waals surface area (Å²) in [6.45, 7) is 4.58. The van der Waals surface area contributed by atoms with Gasteiger partial charge >= 0.3 is 0 Å². The minimum Gasteiger partial charge on any atom is -0.463 e. The highest BCUT2D eigenvalue weighted by molar-refractivity contribution is 4.96. The number of aromatic nitrogens is 2. The van der Waals surface area contributed by atoms with E-state index >= 15 is 0 Å². The van der Waals surface area contributed by atoms with Gasteiger partial charge in [0.15, 0.2) is 0 Å². The summed E-state index contributed by atoms with van der Waals surface area (Å²) in [5.74, 6) is 0. The van der Waals surface area contributed by atoms with Gasteiger partial charge in [-0.15, -0.1) is 0 Å². The lowest BCUT2D eigenvalue weighted by atomic mass is 10.6. The predicted octanol–water partition coefficient (Wildman–Crippen LogP) is 0.408. The van der Waals surface area contributed by atoms with Gasteiger partial charge < -0.3 is 14.6 Å². The molecule has 68 valence electrons. The molecule has 1 aromatic heterocycles. The van der Waals surface area contributed by atoms with Crippen LogP contribution in [-0.4, -0.2) is 29.2 Å². The normalized spacial score (nSPS) is 10.2. The van der Waals surface area contributed by atoms with E-state index in [0.717, 1.165) is 13.1 Å². The fourth-order valence-corrected chi connectivity index (χ4v) is 0.882. The number of hydrogen-bond acceptors (Lipinski definition) is 3. The van der Waals surface area contributed by atoms with Crippen LogP contribution < -0.4 is 10.1 Å². The second-order valence-corrected chi connectivity index (χ2v) is 2.52. The number of hydrogen-bond donors (Lipinski definition) is 1. The Morgan fingerprint density at radius 3 is 3.08 bits per heavy atom. The molecular weight excluding hydrogens is 154 g/mol. The molecule has 0 aliphatic rings. The molecule has 0 aromatic carbocycles. The zero-order chi connectivity index (χ0) is 8.81. The maximum absolute atomic E-state index is 5.37. The van der Waals surface area contributed by atoms with Crippen LogP contribution in [0, 0.1) is 0 Å². The van der Waals surface area contributed by atoms with Crippen molar-refractivity contribution in [2.75, 3.05) is 19.7 Å². The van der Waals surface area contributed by atoms with Crippen molar-refractivity contribution in [3.63, 3.8) is 0 Å². The standard InChI is InChI=1S/C8H15N3O/c1-3-9-5-7-12-8-10-4-6-11(8)2/h4,6,9H,3,5,7H2,1-2H3. The molecule has 1 aromatic rings. The van der Waals surface area contributed by atoms with Crippen LogP contribution in [0.2, 0.25) is 0 Å². The van der Waals surface area contributed by atoms with Crippen molar-refractivity contribution in [3.8, 4) is 6.01 Å². The van der Waals surface area contributed by atoms with Gasteiger partial charge in [-0.3, -0.25) is 0 Å². The zero-order valence-electron chi connectivity index (χ0n) is 7.58. The summed E-state index contributed by atoms with van der Waals surface area (Å²) in [7, 11) is 1.91. The van der Waals surface area contributed by atoms with Gasteiger partial charge in [-0.05, 0) is 6.54 Å². The summed E-state index contributed by atoms with van der Waals surface area (Å²) in [6.07, 6.45) is 3.59. The fraction of sp³-hybridized carbons (Fsp3) is 0.625. The van der Waals surface area contributed by atoms with Crippen LogP contribution >= 0.6 is 0 Å². The van der Waals surface area contributed by atoms with E-state index in [2.05, 4.69) is 17.2 Å². The molecule has 0 saturated carbocycles. The summed E-state index contributed by atoms with van der Waals surface area (Å²) in [5.41, 5.74) is 0. The first-order valence-corrected chi connectivity index (χ1v) is 4.15. The molecule has 0 unspecified atom stereocenters. The molecule has 0 radical (unpaired) electrons. The Balaban J connectivity index is 2.20. The molecule has 0 spiro atoms. The maximum Gasteiger partial charge on any atom is 0.295 e. The monoisotopic (exact) mass is 169 g/mol. The van der Waals surface area contributed by atoms with Gasteiger partial charge in [0.2, 0.25) is 0 Å². The minimum absolute atomic E-state index is 0.665. The number of likely N-dealkylation sites (N-methyl/N-ethyl adjacent to an activating group) is 1. The average Bonchev–Trinajstić information content (AvgIpc) is 2.46. The fourth-order valence-electron chi connectivity index (χ4n) is 0.882. The van der Waals surface area contributed by atoms with Crippen molar-refractivity contribution < 1.29 is 4.74 Å². The Morgan fingerprint density at radius 1 is 1.67 bits per heavy atom. The first kappa shape index (κ1) is 9.06. The molecular formula is C8H15N3O. The second-order valence-electron chi connectivity index (χ2n) is 2.52. The molecule has 0 fully saturated rings. The van der Waals surface area contributed by atoms with Crippen molar-refractivity contribution in [2.45, 2.75) is 6.92 Å².